The van der Waals surface area contributed by atoms with Gasteiger partial charge in [0.05, 0.1) is 6.61 Å². The average Bonchev–Trinajstić information content (AvgIpc) is 2.48. The third-order valence-electron chi connectivity index (χ3n) is 3.96. The summed E-state index contributed by atoms with van der Waals surface area (Å²) in [4.78, 5) is 0. The van der Waals surface area contributed by atoms with Crippen molar-refractivity contribution in [1.29, 1.82) is 0 Å². The van der Waals surface area contributed by atoms with E-state index in [1.54, 1.807) is 0 Å². The summed E-state index contributed by atoms with van der Waals surface area (Å²) in [6, 6.07) is 6.94. The first-order valence-corrected chi connectivity index (χ1v) is 8.65. The Bertz CT molecular complexity index is 389. The molecule has 21 heavy (non-hydrogen) atoms. The van der Waals surface area contributed by atoms with Gasteiger partial charge in [0.25, 0.3) is 0 Å². The predicted molar refractivity (Wildman–Crippen MR) is 92.1 cm³/mol. The second kappa shape index (κ2) is 10.7. The second-order valence-corrected chi connectivity index (χ2v) is 5.92. The van der Waals surface area contributed by atoms with Gasteiger partial charge in [-0.2, -0.15) is 0 Å². The Kier molecular flexibility index (Phi) is 9.16. The zero-order valence-electron chi connectivity index (χ0n) is 14.4. The van der Waals surface area contributed by atoms with Gasteiger partial charge in [0.15, 0.2) is 0 Å². The first-order valence-electron chi connectivity index (χ1n) is 8.65. The van der Waals surface area contributed by atoms with Crippen LogP contribution in [0.2, 0.25) is 0 Å². The zero-order valence-corrected chi connectivity index (χ0v) is 14.4. The Labute approximate surface area is 131 Å². The maximum absolute atomic E-state index is 5.92. The van der Waals surface area contributed by atoms with Gasteiger partial charge in [0.2, 0.25) is 0 Å². The Morgan fingerprint density at radius 2 is 1.76 bits per heavy atom. The Balaban J connectivity index is 2.32. The summed E-state index contributed by atoms with van der Waals surface area (Å²) in [5, 5.41) is 3.44. The van der Waals surface area contributed by atoms with E-state index in [-0.39, 0.29) is 0 Å². The Hall–Kier alpha value is -1.02. The lowest BCUT2D eigenvalue weighted by atomic mass is 10.1. The van der Waals surface area contributed by atoms with Crippen molar-refractivity contribution in [2.24, 2.45) is 0 Å². The topological polar surface area (TPSA) is 21.3 Å². The summed E-state index contributed by atoms with van der Waals surface area (Å²) in [5.74, 6) is 1.04. The average molecular weight is 291 g/mol. The number of hydrogen-bond acceptors (Lipinski definition) is 2. The minimum Gasteiger partial charge on any atom is -0.493 e. The van der Waals surface area contributed by atoms with Crippen LogP contribution in [0.25, 0.3) is 0 Å². The molecule has 1 N–H and O–H groups in total. The van der Waals surface area contributed by atoms with Crippen LogP contribution >= 0.6 is 0 Å². The normalized spacial score (nSPS) is 12.4. The molecule has 0 spiro atoms. The first-order chi connectivity index (χ1) is 10.2. The smallest absolute Gasteiger partial charge is 0.122 e. The highest BCUT2D eigenvalue weighted by Gasteiger charge is 2.06. The minimum absolute atomic E-state index is 0.404. The number of rotatable bonds is 11. The van der Waals surface area contributed by atoms with Gasteiger partial charge in [-0.3, -0.25) is 0 Å². The summed E-state index contributed by atoms with van der Waals surface area (Å²) in [6.45, 7) is 10.6. The highest BCUT2D eigenvalue weighted by Crippen LogP contribution is 2.23. The van der Waals surface area contributed by atoms with Crippen LogP contribution in [0, 0.1) is 6.92 Å². The quantitative estimate of drug-likeness (QED) is 0.551. The maximum Gasteiger partial charge on any atom is 0.122 e. The lowest BCUT2D eigenvalue weighted by molar-refractivity contribution is 0.302. The minimum atomic E-state index is 0.404. The van der Waals surface area contributed by atoms with Gasteiger partial charge in [0, 0.05) is 6.04 Å². The van der Waals surface area contributed by atoms with Crippen molar-refractivity contribution in [2.45, 2.75) is 72.3 Å². The third-order valence-corrected chi connectivity index (χ3v) is 3.96. The Morgan fingerprint density at radius 3 is 2.43 bits per heavy atom. The molecule has 1 rings (SSSR count). The molecule has 0 aromatic heterocycles. The van der Waals surface area contributed by atoms with Crippen LogP contribution in [0.4, 0.5) is 0 Å². The van der Waals surface area contributed by atoms with E-state index in [1.165, 1.54) is 49.7 Å². The van der Waals surface area contributed by atoms with Crippen molar-refractivity contribution < 1.29 is 4.74 Å². The number of benzene rings is 1. The van der Waals surface area contributed by atoms with Gasteiger partial charge in [-0.05, 0) is 44.0 Å². The molecule has 0 bridgehead atoms. The van der Waals surface area contributed by atoms with Gasteiger partial charge in [0.1, 0.15) is 5.75 Å². The van der Waals surface area contributed by atoms with E-state index in [0.29, 0.717) is 6.04 Å². The lowest BCUT2D eigenvalue weighted by Gasteiger charge is -2.15. The van der Waals surface area contributed by atoms with E-state index in [4.69, 9.17) is 4.74 Å². The molecule has 0 aliphatic heterocycles. The van der Waals surface area contributed by atoms with Crippen molar-refractivity contribution in [2.75, 3.05) is 13.2 Å². The van der Waals surface area contributed by atoms with Gasteiger partial charge in [-0.1, -0.05) is 58.1 Å². The van der Waals surface area contributed by atoms with Crippen molar-refractivity contribution >= 4 is 0 Å². The van der Waals surface area contributed by atoms with Crippen LogP contribution in [-0.2, 0) is 0 Å². The van der Waals surface area contributed by atoms with Gasteiger partial charge in [-0.15, -0.1) is 0 Å². The molecule has 0 aliphatic carbocycles. The Morgan fingerprint density at radius 1 is 1.05 bits per heavy atom. The van der Waals surface area contributed by atoms with E-state index in [0.717, 1.165) is 18.9 Å². The van der Waals surface area contributed by atoms with Crippen LogP contribution in [0.15, 0.2) is 18.2 Å². The summed E-state index contributed by atoms with van der Waals surface area (Å²) in [5.41, 5.74) is 2.57. The summed E-state index contributed by atoms with van der Waals surface area (Å²) in [7, 11) is 0. The van der Waals surface area contributed by atoms with E-state index in [1.807, 2.05) is 0 Å². The fourth-order valence-corrected chi connectivity index (χ4v) is 2.59. The van der Waals surface area contributed by atoms with Crippen LogP contribution in [0.3, 0.4) is 0 Å². The molecule has 0 amide bonds. The van der Waals surface area contributed by atoms with Crippen LogP contribution in [0.1, 0.15) is 76.5 Å². The molecule has 2 nitrogen and oxygen atoms in total. The molecule has 0 saturated heterocycles. The molecule has 0 radical (unpaired) electrons. The number of aryl methyl sites for hydroxylation is 1. The standard InChI is InChI=1S/C19H33NO/c1-5-7-8-9-10-11-14-21-19-13-12-18(15-16(19)3)17(4)20-6-2/h12-13,15,17,20H,5-11,14H2,1-4H3. The molecule has 0 saturated carbocycles. The molecule has 1 unspecified atom stereocenters. The first kappa shape index (κ1) is 18.0. The molecule has 120 valence electrons. The third kappa shape index (κ3) is 6.99. The van der Waals surface area contributed by atoms with Crippen molar-refractivity contribution in [1.82, 2.24) is 5.32 Å². The predicted octanol–water partition coefficient (Wildman–Crippen LogP) is 5.40. The monoisotopic (exact) mass is 291 g/mol. The zero-order chi connectivity index (χ0) is 15.5. The fraction of sp³-hybridized carbons (Fsp3) is 0.684. The van der Waals surface area contributed by atoms with Crippen LogP contribution < -0.4 is 10.1 Å². The molecule has 2 heteroatoms. The summed E-state index contributed by atoms with van der Waals surface area (Å²) < 4.78 is 5.92. The summed E-state index contributed by atoms with van der Waals surface area (Å²) >= 11 is 0. The SMILES string of the molecule is CCCCCCCCOc1ccc(C(C)NCC)cc1C. The molecular formula is C19H33NO. The van der Waals surface area contributed by atoms with Crippen LogP contribution in [-0.4, -0.2) is 13.2 Å². The van der Waals surface area contributed by atoms with E-state index < -0.39 is 0 Å². The number of unbranched alkanes of at least 4 members (excludes halogenated alkanes) is 5. The second-order valence-electron chi connectivity index (χ2n) is 5.92. The highest BCUT2D eigenvalue weighted by molar-refractivity contribution is 5.37. The highest BCUT2D eigenvalue weighted by atomic mass is 16.5. The summed E-state index contributed by atoms with van der Waals surface area (Å²) in [6.07, 6.45) is 7.84. The molecule has 1 aromatic carbocycles. The van der Waals surface area contributed by atoms with E-state index >= 15 is 0 Å². The number of ether oxygens (including phenoxy) is 1. The largest absolute Gasteiger partial charge is 0.493 e. The molecule has 1 aromatic rings. The fourth-order valence-electron chi connectivity index (χ4n) is 2.59. The number of nitrogens with one attached hydrogen (secondary N) is 1. The van der Waals surface area contributed by atoms with Crippen molar-refractivity contribution in [3.63, 3.8) is 0 Å². The number of hydrogen-bond donors (Lipinski definition) is 1. The maximum atomic E-state index is 5.92. The van der Waals surface area contributed by atoms with E-state index in [9.17, 15) is 0 Å². The van der Waals surface area contributed by atoms with Crippen LogP contribution in [0.5, 0.6) is 5.75 Å². The van der Waals surface area contributed by atoms with Gasteiger partial charge in [-0.25, -0.2) is 0 Å². The molecule has 0 heterocycles. The molecular weight excluding hydrogens is 258 g/mol. The van der Waals surface area contributed by atoms with E-state index in [2.05, 4.69) is 51.2 Å². The molecule has 0 aliphatic rings. The van der Waals surface area contributed by atoms with Crippen molar-refractivity contribution in [3.8, 4) is 5.75 Å². The molecule has 1 atom stereocenters. The lowest BCUT2D eigenvalue weighted by Crippen LogP contribution is -2.17. The van der Waals surface area contributed by atoms with Gasteiger partial charge < -0.3 is 10.1 Å². The van der Waals surface area contributed by atoms with Crippen molar-refractivity contribution in [3.05, 3.63) is 29.3 Å². The molecule has 0 fully saturated rings. The van der Waals surface area contributed by atoms with Gasteiger partial charge >= 0.3 is 0 Å².